The molecule has 0 saturated carbocycles. The van der Waals surface area contributed by atoms with Crippen LogP contribution in [0.15, 0.2) is 0 Å². The van der Waals surface area contributed by atoms with E-state index in [1.54, 1.807) is 49.3 Å². The second kappa shape index (κ2) is 16.8. The smallest absolute Gasteiger partial charge is 0.0594 e. The molecule has 0 unspecified atom stereocenters. The van der Waals surface area contributed by atoms with Crippen LogP contribution in [0.4, 0.5) is 0 Å². The SMILES string of the molecule is CCC[P+](CCC)(CCC)CCCCCC[P+](CCC)(CCC)CCC. The van der Waals surface area contributed by atoms with Crippen molar-refractivity contribution in [1.82, 2.24) is 0 Å². The zero-order valence-electron chi connectivity index (χ0n) is 19.6. The van der Waals surface area contributed by atoms with Crippen LogP contribution in [0.2, 0.25) is 0 Å². The molecule has 0 atom stereocenters. The first-order valence-corrected chi connectivity index (χ1v) is 17.3. The maximum atomic E-state index is 2.42. The Bertz CT molecular complexity index is 237. The van der Waals surface area contributed by atoms with Crippen molar-refractivity contribution in [1.29, 1.82) is 0 Å². The van der Waals surface area contributed by atoms with Gasteiger partial charge in [-0.3, -0.25) is 0 Å². The highest BCUT2D eigenvalue weighted by atomic mass is 31.2. The monoisotopic (exact) mass is 404 g/mol. The largest absolute Gasteiger partial charge is 0.0619 e. The lowest BCUT2D eigenvalue weighted by molar-refractivity contribution is 0.701. The summed E-state index contributed by atoms with van der Waals surface area (Å²) in [5.41, 5.74) is 0. The van der Waals surface area contributed by atoms with Gasteiger partial charge in [0.25, 0.3) is 0 Å². The Kier molecular flexibility index (Phi) is 17.3. The topological polar surface area (TPSA) is 0 Å². The summed E-state index contributed by atoms with van der Waals surface area (Å²) in [4.78, 5) is 0. The zero-order chi connectivity index (χ0) is 19.7. The van der Waals surface area contributed by atoms with Gasteiger partial charge < -0.3 is 0 Å². The lowest BCUT2D eigenvalue weighted by Crippen LogP contribution is -2.12. The molecule has 0 aliphatic carbocycles. The molecule has 0 aliphatic rings. The number of hydrogen-bond acceptors (Lipinski definition) is 0. The van der Waals surface area contributed by atoms with Crippen molar-refractivity contribution in [3.8, 4) is 0 Å². The predicted molar refractivity (Wildman–Crippen MR) is 133 cm³/mol. The molecule has 158 valence electrons. The molecule has 0 radical (unpaired) electrons. The van der Waals surface area contributed by atoms with Crippen molar-refractivity contribution in [3.05, 3.63) is 0 Å². The Morgan fingerprint density at radius 3 is 0.731 bits per heavy atom. The van der Waals surface area contributed by atoms with Crippen molar-refractivity contribution in [3.63, 3.8) is 0 Å². The fourth-order valence-electron chi connectivity index (χ4n) is 5.44. The van der Waals surface area contributed by atoms with Crippen molar-refractivity contribution in [2.75, 3.05) is 49.3 Å². The van der Waals surface area contributed by atoms with Crippen LogP contribution in [0.5, 0.6) is 0 Å². The predicted octanol–water partition coefficient (Wildman–Crippen LogP) is 9.04. The number of hydrogen-bond donors (Lipinski definition) is 0. The van der Waals surface area contributed by atoms with E-state index in [1.165, 1.54) is 64.2 Å². The summed E-state index contributed by atoms with van der Waals surface area (Å²) in [6.07, 6.45) is 27.3. The molecule has 0 rings (SSSR count). The van der Waals surface area contributed by atoms with Gasteiger partial charge in [-0.2, -0.15) is 0 Å². The number of rotatable bonds is 19. The molecule has 0 fully saturated rings. The molecule has 0 saturated heterocycles. The van der Waals surface area contributed by atoms with Gasteiger partial charge in [0.1, 0.15) is 0 Å². The van der Waals surface area contributed by atoms with Gasteiger partial charge in [-0.15, -0.1) is 0 Å². The molecule has 0 bridgehead atoms. The van der Waals surface area contributed by atoms with Crippen LogP contribution < -0.4 is 0 Å². The van der Waals surface area contributed by atoms with E-state index in [2.05, 4.69) is 41.5 Å². The van der Waals surface area contributed by atoms with Crippen molar-refractivity contribution >= 4 is 14.5 Å². The standard InChI is InChI=1S/C24H54P2/c1-7-17-25(18-8-2,19-9-3)23-15-13-14-16-24-26(20-10-4,21-11-5)22-12-6/h7-24H2,1-6H3/q+2. The average Bonchev–Trinajstić information content (AvgIpc) is 2.59. The van der Waals surface area contributed by atoms with Gasteiger partial charge in [-0.25, -0.2) is 0 Å². The maximum absolute atomic E-state index is 2.42. The minimum atomic E-state index is -0.602. The molecular formula is C24H54P2+2. The summed E-state index contributed by atoms with van der Waals surface area (Å²) in [6.45, 7) is 14.5. The van der Waals surface area contributed by atoms with E-state index in [9.17, 15) is 0 Å². The molecule has 2 heteroatoms. The first kappa shape index (κ1) is 26.9. The first-order chi connectivity index (χ1) is 12.6. The summed E-state index contributed by atoms with van der Waals surface area (Å²) < 4.78 is 0. The Labute approximate surface area is 169 Å². The summed E-state index contributed by atoms with van der Waals surface area (Å²) in [5.74, 6) is 0. The van der Waals surface area contributed by atoms with Crippen molar-refractivity contribution < 1.29 is 0 Å². The molecule has 0 N–H and O–H groups in total. The van der Waals surface area contributed by atoms with Crippen molar-refractivity contribution in [2.45, 2.75) is 106 Å². The molecule has 0 amide bonds. The van der Waals surface area contributed by atoms with Crippen LogP contribution in [0, 0.1) is 0 Å². The normalized spacial score (nSPS) is 12.7. The molecule has 0 aromatic rings. The van der Waals surface area contributed by atoms with E-state index < -0.39 is 14.5 Å². The van der Waals surface area contributed by atoms with E-state index in [0.717, 1.165) is 0 Å². The Hall–Kier alpha value is 0.860. The van der Waals surface area contributed by atoms with Crippen LogP contribution in [-0.4, -0.2) is 49.3 Å². The quantitative estimate of drug-likeness (QED) is 0.149. The number of unbranched alkanes of at least 4 members (excludes halogenated alkanes) is 3. The highest BCUT2D eigenvalue weighted by Gasteiger charge is 2.35. The molecule has 0 spiro atoms. The van der Waals surface area contributed by atoms with E-state index in [4.69, 9.17) is 0 Å². The van der Waals surface area contributed by atoms with E-state index in [1.807, 2.05) is 0 Å². The van der Waals surface area contributed by atoms with Gasteiger partial charge in [-0.05, 0) is 64.2 Å². The van der Waals surface area contributed by atoms with Crippen LogP contribution >= 0.6 is 14.5 Å². The van der Waals surface area contributed by atoms with Gasteiger partial charge in [0.15, 0.2) is 0 Å². The third-order valence-electron chi connectivity index (χ3n) is 6.20. The minimum absolute atomic E-state index is 0.602. The van der Waals surface area contributed by atoms with Crippen LogP contribution in [0.1, 0.15) is 106 Å². The molecule has 0 aliphatic heterocycles. The molecule has 0 heterocycles. The summed E-state index contributed by atoms with van der Waals surface area (Å²) in [6, 6.07) is 0. The third-order valence-corrected chi connectivity index (χ3v) is 17.1. The van der Waals surface area contributed by atoms with Gasteiger partial charge in [0.05, 0.1) is 49.3 Å². The lowest BCUT2D eigenvalue weighted by atomic mass is 10.2. The van der Waals surface area contributed by atoms with Gasteiger partial charge in [0, 0.05) is 14.5 Å². The minimum Gasteiger partial charge on any atom is -0.0619 e. The molecule has 0 nitrogen and oxygen atoms in total. The zero-order valence-corrected chi connectivity index (χ0v) is 21.4. The molecule has 0 aromatic carbocycles. The fraction of sp³-hybridized carbons (Fsp3) is 1.00. The van der Waals surface area contributed by atoms with Gasteiger partial charge >= 0.3 is 0 Å². The fourth-order valence-corrected chi connectivity index (χ4v) is 15.6. The van der Waals surface area contributed by atoms with Gasteiger partial charge in [0.2, 0.25) is 0 Å². The molecule has 0 aromatic heterocycles. The second-order valence-electron chi connectivity index (χ2n) is 8.89. The van der Waals surface area contributed by atoms with E-state index >= 15 is 0 Å². The van der Waals surface area contributed by atoms with Crippen molar-refractivity contribution in [2.24, 2.45) is 0 Å². The highest BCUT2D eigenvalue weighted by Crippen LogP contribution is 2.62. The Morgan fingerprint density at radius 2 is 0.538 bits per heavy atom. The Balaban J connectivity index is 4.35. The maximum Gasteiger partial charge on any atom is 0.0594 e. The highest BCUT2D eigenvalue weighted by molar-refractivity contribution is 7.76. The van der Waals surface area contributed by atoms with Gasteiger partial charge in [-0.1, -0.05) is 41.5 Å². The lowest BCUT2D eigenvalue weighted by Gasteiger charge is -2.28. The Morgan fingerprint density at radius 1 is 0.308 bits per heavy atom. The van der Waals surface area contributed by atoms with E-state index in [-0.39, 0.29) is 0 Å². The first-order valence-electron chi connectivity index (χ1n) is 12.3. The molecule has 26 heavy (non-hydrogen) atoms. The average molecular weight is 405 g/mol. The summed E-state index contributed by atoms with van der Waals surface area (Å²) in [7, 11) is -1.20. The second-order valence-corrected chi connectivity index (χ2v) is 17.8. The summed E-state index contributed by atoms with van der Waals surface area (Å²) >= 11 is 0. The van der Waals surface area contributed by atoms with Crippen LogP contribution in [0.3, 0.4) is 0 Å². The molecular weight excluding hydrogens is 350 g/mol. The van der Waals surface area contributed by atoms with Crippen LogP contribution in [-0.2, 0) is 0 Å². The summed E-state index contributed by atoms with van der Waals surface area (Å²) in [5, 5.41) is 0. The van der Waals surface area contributed by atoms with Crippen LogP contribution in [0.25, 0.3) is 0 Å². The van der Waals surface area contributed by atoms with E-state index in [0.29, 0.717) is 0 Å². The third kappa shape index (κ3) is 11.0.